The molecule has 0 unspecified atom stereocenters. The number of aromatic nitrogens is 1. The van der Waals surface area contributed by atoms with Crippen molar-refractivity contribution in [2.75, 3.05) is 6.54 Å². The van der Waals surface area contributed by atoms with Crippen LogP contribution >= 0.6 is 0 Å². The number of hydrogen-bond acceptors (Lipinski definition) is 3. The van der Waals surface area contributed by atoms with Gasteiger partial charge in [0, 0.05) is 31.5 Å². The van der Waals surface area contributed by atoms with E-state index in [0.717, 1.165) is 12.1 Å². The zero-order valence-electron chi connectivity index (χ0n) is 13.2. The third-order valence-electron chi connectivity index (χ3n) is 3.52. The van der Waals surface area contributed by atoms with Crippen LogP contribution in [0.25, 0.3) is 0 Å². The predicted octanol–water partition coefficient (Wildman–Crippen LogP) is 2.61. The molecule has 0 fully saturated rings. The van der Waals surface area contributed by atoms with E-state index in [-0.39, 0.29) is 5.91 Å². The summed E-state index contributed by atoms with van der Waals surface area (Å²) in [4.78, 5) is 18.4. The number of pyridine rings is 1. The van der Waals surface area contributed by atoms with E-state index in [1.807, 2.05) is 30.3 Å². The van der Waals surface area contributed by atoms with Crippen LogP contribution in [-0.4, -0.2) is 28.4 Å². The normalized spacial score (nSPS) is 10.9. The van der Waals surface area contributed by atoms with Crippen molar-refractivity contribution in [2.45, 2.75) is 33.0 Å². The minimum atomic E-state index is 0.0356. The molecular formula is C18H23N3O. The molecule has 1 aromatic heterocycles. The van der Waals surface area contributed by atoms with Gasteiger partial charge in [-0.3, -0.25) is 14.7 Å². The summed E-state index contributed by atoms with van der Waals surface area (Å²) in [6.45, 7) is 5.91. The molecule has 1 amide bonds. The van der Waals surface area contributed by atoms with Crippen molar-refractivity contribution >= 4 is 5.91 Å². The van der Waals surface area contributed by atoms with Gasteiger partial charge in [-0.1, -0.05) is 36.4 Å². The smallest absolute Gasteiger partial charge is 0.234 e. The summed E-state index contributed by atoms with van der Waals surface area (Å²) in [7, 11) is 0. The summed E-state index contributed by atoms with van der Waals surface area (Å²) >= 11 is 0. The summed E-state index contributed by atoms with van der Waals surface area (Å²) in [5, 5.41) is 2.95. The lowest BCUT2D eigenvalue weighted by Gasteiger charge is -2.25. The molecule has 4 heteroatoms. The lowest BCUT2D eigenvalue weighted by atomic mass is 10.2. The van der Waals surface area contributed by atoms with Gasteiger partial charge in [0.05, 0.1) is 6.54 Å². The SMILES string of the molecule is CC(C)N(CC(=O)NCc1cccnc1)Cc1ccccc1. The topological polar surface area (TPSA) is 45.2 Å². The lowest BCUT2D eigenvalue weighted by Crippen LogP contribution is -2.40. The van der Waals surface area contributed by atoms with Crippen LogP contribution < -0.4 is 5.32 Å². The molecular weight excluding hydrogens is 274 g/mol. The van der Waals surface area contributed by atoms with Gasteiger partial charge >= 0.3 is 0 Å². The molecule has 1 heterocycles. The van der Waals surface area contributed by atoms with Crippen LogP contribution in [0.5, 0.6) is 0 Å². The Morgan fingerprint density at radius 3 is 2.50 bits per heavy atom. The molecule has 0 spiro atoms. The molecule has 0 bridgehead atoms. The molecule has 22 heavy (non-hydrogen) atoms. The Labute approximate surface area is 132 Å². The lowest BCUT2D eigenvalue weighted by molar-refractivity contribution is -0.123. The van der Waals surface area contributed by atoms with E-state index in [1.165, 1.54) is 5.56 Å². The third kappa shape index (κ3) is 5.30. The van der Waals surface area contributed by atoms with E-state index >= 15 is 0 Å². The van der Waals surface area contributed by atoms with E-state index < -0.39 is 0 Å². The fourth-order valence-electron chi connectivity index (χ4n) is 2.18. The molecule has 116 valence electrons. The standard InChI is InChI=1S/C18H23N3O/c1-15(2)21(13-16-7-4-3-5-8-16)14-18(22)20-12-17-9-6-10-19-11-17/h3-11,15H,12-14H2,1-2H3,(H,20,22). The van der Waals surface area contributed by atoms with Crippen molar-refractivity contribution in [3.05, 3.63) is 66.0 Å². The average Bonchev–Trinajstić information content (AvgIpc) is 2.54. The molecule has 4 nitrogen and oxygen atoms in total. The van der Waals surface area contributed by atoms with Gasteiger partial charge in [-0.05, 0) is 31.0 Å². The molecule has 1 N–H and O–H groups in total. The van der Waals surface area contributed by atoms with E-state index in [9.17, 15) is 4.79 Å². The van der Waals surface area contributed by atoms with Crippen molar-refractivity contribution < 1.29 is 4.79 Å². The second-order valence-electron chi connectivity index (χ2n) is 5.62. The van der Waals surface area contributed by atoms with Crippen molar-refractivity contribution in [1.29, 1.82) is 0 Å². The Balaban J connectivity index is 1.86. The Hall–Kier alpha value is -2.20. The van der Waals surface area contributed by atoms with Crippen LogP contribution in [0.1, 0.15) is 25.0 Å². The van der Waals surface area contributed by atoms with Gasteiger partial charge in [-0.15, -0.1) is 0 Å². The molecule has 0 radical (unpaired) electrons. The number of carbonyl (C=O) groups is 1. The number of nitrogens with zero attached hydrogens (tertiary/aromatic N) is 2. The zero-order chi connectivity index (χ0) is 15.8. The third-order valence-corrected chi connectivity index (χ3v) is 3.52. The first-order valence-corrected chi connectivity index (χ1v) is 7.58. The van der Waals surface area contributed by atoms with Gasteiger partial charge in [-0.2, -0.15) is 0 Å². The Bertz CT molecular complexity index is 569. The van der Waals surface area contributed by atoms with Gasteiger partial charge in [-0.25, -0.2) is 0 Å². The molecule has 0 aliphatic rings. The van der Waals surface area contributed by atoms with Gasteiger partial charge in [0.1, 0.15) is 0 Å². The highest BCUT2D eigenvalue weighted by molar-refractivity contribution is 5.78. The second-order valence-corrected chi connectivity index (χ2v) is 5.62. The van der Waals surface area contributed by atoms with Crippen molar-refractivity contribution in [3.63, 3.8) is 0 Å². The van der Waals surface area contributed by atoms with Crippen molar-refractivity contribution in [3.8, 4) is 0 Å². The van der Waals surface area contributed by atoms with Crippen LogP contribution in [0.2, 0.25) is 0 Å². The number of carbonyl (C=O) groups excluding carboxylic acids is 1. The first kappa shape index (κ1) is 16.2. The molecule has 0 atom stereocenters. The maximum Gasteiger partial charge on any atom is 0.234 e. The first-order chi connectivity index (χ1) is 10.6. The predicted molar refractivity (Wildman–Crippen MR) is 88.1 cm³/mol. The zero-order valence-corrected chi connectivity index (χ0v) is 13.2. The van der Waals surface area contributed by atoms with Crippen LogP contribution in [0.15, 0.2) is 54.9 Å². The number of amides is 1. The molecule has 1 aromatic carbocycles. The fraction of sp³-hybridized carbons (Fsp3) is 0.333. The van der Waals surface area contributed by atoms with E-state index in [0.29, 0.717) is 19.1 Å². The van der Waals surface area contributed by atoms with E-state index in [1.54, 1.807) is 12.4 Å². The van der Waals surface area contributed by atoms with E-state index in [4.69, 9.17) is 0 Å². The number of nitrogens with one attached hydrogen (secondary N) is 1. The molecule has 0 saturated heterocycles. The first-order valence-electron chi connectivity index (χ1n) is 7.58. The maximum absolute atomic E-state index is 12.1. The highest BCUT2D eigenvalue weighted by atomic mass is 16.2. The molecule has 2 aromatic rings. The number of hydrogen-bond donors (Lipinski definition) is 1. The summed E-state index contributed by atoms with van der Waals surface area (Å²) in [5.74, 6) is 0.0356. The van der Waals surface area contributed by atoms with Crippen molar-refractivity contribution in [2.24, 2.45) is 0 Å². The summed E-state index contributed by atoms with van der Waals surface area (Å²) in [6, 6.07) is 14.4. The van der Waals surface area contributed by atoms with Crippen LogP contribution in [0.4, 0.5) is 0 Å². The maximum atomic E-state index is 12.1. The summed E-state index contributed by atoms with van der Waals surface area (Å²) in [5.41, 5.74) is 2.23. The summed E-state index contributed by atoms with van der Waals surface area (Å²) < 4.78 is 0. The van der Waals surface area contributed by atoms with Gasteiger partial charge < -0.3 is 5.32 Å². The van der Waals surface area contributed by atoms with Crippen LogP contribution in [0, 0.1) is 0 Å². The van der Waals surface area contributed by atoms with E-state index in [2.05, 4.69) is 41.2 Å². The highest BCUT2D eigenvalue weighted by Crippen LogP contribution is 2.07. The molecule has 2 rings (SSSR count). The Kier molecular flexibility index (Phi) is 6.10. The monoisotopic (exact) mass is 297 g/mol. The minimum absolute atomic E-state index is 0.0356. The molecule has 0 aliphatic heterocycles. The van der Waals surface area contributed by atoms with Gasteiger partial charge in [0.15, 0.2) is 0 Å². The van der Waals surface area contributed by atoms with Gasteiger partial charge in [0.25, 0.3) is 0 Å². The highest BCUT2D eigenvalue weighted by Gasteiger charge is 2.14. The average molecular weight is 297 g/mol. The number of rotatable bonds is 7. The van der Waals surface area contributed by atoms with Gasteiger partial charge in [0.2, 0.25) is 5.91 Å². The van der Waals surface area contributed by atoms with Crippen LogP contribution in [-0.2, 0) is 17.9 Å². The summed E-state index contributed by atoms with van der Waals surface area (Å²) in [6.07, 6.45) is 3.50. The Morgan fingerprint density at radius 1 is 1.14 bits per heavy atom. The van der Waals surface area contributed by atoms with Crippen LogP contribution in [0.3, 0.4) is 0 Å². The molecule has 0 aliphatic carbocycles. The van der Waals surface area contributed by atoms with Crippen molar-refractivity contribution in [1.82, 2.24) is 15.2 Å². The largest absolute Gasteiger partial charge is 0.351 e. The fourth-order valence-corrected chi connectivity index (χ4v) is 2.18. The second kappa shape index (κ2) is 8.29. The quantitative estimate of drug-likeness (QED) is 0.854. The minimum Gasteiger partial charge on any atom is -0.351 e. The Morgan fingerprint density at radius 2 is 1.86 bits per heavy atom. The number of benzene rings is 1. The molecule has 0 saturated carbocycles.